The van der Waals surface area contributed by atoms with E-state index in [4.69, 9.17) is 9.47 Å². The number of rotatable bonds is 8. The van der Waals surface area contributed by atoms with E-state index in [1.165, 1.54) is 0 Å². The smallest absolute Gasteiger partial charge is 0.161 e. The van der Waals surface area contributed by atoms with Crippen LogP contribution in [0.5, 0.6) is 11.5 Å². The number of aromatic nitrogens is 2. The van der Waals surface area contributed by atoms with E-state index >= 15 is 0 Å². The van der Waals surface area contributed by atoms with Crippen LogP contribution in [0.2, 0.25) is 0 Å². The molecule has 0 amide bonds. The Labute approximate surface area is 125 Å². The summed E-state index contributed by atoms with van der Waals surface area (Å²) in [5.41, 5.74) is 1.16. The molecule has 1 aromatic heterocycles. The van der Waals surface area contributed by atoms with Crippen LogP contribution in [-0.2, 0) is 13.1 Å². The molecule has 0 fully saturated rings. The number of hydrogen-bond acceptors (Lipinski definition) is 4. The molecule has 0 saturated carbocycles. The van der Waals surface area contributed by atoms with Gasteiger partial charge in [0.1, 0.15) is 6.61 Å². The third-order valence-corrected chi connectivity index (χ3v) is 3.13. The largest absolute Gasteiger partial charge is 0.493 e. The zero-order valence-electron chi connectivity index (χ0n) is 12.9. The van der Waals surface area contributed by atoms with Crippen LogP contribution < -0.4 is 14.8 Å². The van der Waals surface area contributed by atoms with E-state index in [1.807, 2.05) is 41.2 Å². The van der Waals surface area contributed by atoms with Gasteiger partial charge in [-0.1, -0.05) is 26.0 Å². The highest BCUT2D eigenvalue weighted by Crippen LogP contribution is 2.25. The molecule has 0 spiro atoms. The summed E-state index contributed by atoms with van der Waals surface area (Å²) < 4.78 is 13.0. The van der Waals surface area contributed by atoms with E-state index in [0.717, 1.165) is 23.7 Å². The third-order valence-electron chi connectivity index (χ3n) is 3.13. The maximum atomic E-state index is 5.78. The highest BCUT2D eigenvalue weighted by Gasteiger charge is 2.05. The number of ether oxygens (including phenoxy) is 2. The van der Waals surface area contributed by atoms with E-state index in [9.17, 15) is 0 Å². The maximum absolute atomic E-state index is 5.78. The van der Waals surface area contributed by atoms with Gasteiger partial charge in [-0.2, -0.15) is 5.10 Å². The van der Waals surface area contributed by atoms with Crippen LogP contribution in [0.15, 0.2) is 36.5 Å². The minimum atomic E-state index is 0.457. The van der Waals surface area contributed by atoms with E-state index in [2.05, 4.69) is 24.3 Å². The fourth-order valence-corrected chi connectivity index (χ4v) is 2.00. The van der Waals surface area contributed by atoms with Gasteiger partial charge in [-0.25, -0.2) is 0 Å². The monoisotopic (exact) mass is 289 g/mol. The van der Waals surface area contributed by atoms with Crippen molar-refractivity contribution in [3.63, 3.8) is 0 Å². The second-order valence-electron chi connectivity index (χ2n) is 5.08. The van der Waals surface area contributed by atoms with Gasteiger partial charge in [0.25, 0.3) is 0 Å². The van der Waals surface area contributed by atoms with Crippen molar-refractivity contribution in [2.24, 2.45) is 0 Å². The Bertz CT molecular complexity index is 552. The molecule has 1 heterocycles. The fraction of sp³-hybridized carbons (Fsp3) is 0.438. The van der Waals surface area contributed by atoms with E-state index < -0.39 is 0 Å². The van der Waals surface area contributed by atoms with Crippen molar-refractivity contribution >= 4 is 0 Å². The van der Waals surface area contributed by atoms with Gasteiger partial charge in [0.2, 0.25) is 0 Å². The Hall–Kier alpha value is -2.01. The lowest BCUT2D eigenvalue weighted by Crippen LogP contribution is -2.24. The van der Waals surface area contributed by atoms with Crippen molar-refractivity contribution in [1.82, 2.24) is 15.1 Å². The van der Waals surface area contributed by atoms with Crippen LogP contribution >= 0.6 is 0 Å². The van der Waals surface area contributed by atoms with Gasteiger partial charge >= 0.3 is 0 Å². The Kier molecular flexibility index (Phi) is 5.63. The van der Waals surface area contributed by atoms with Crippen LogP contribution in [0.1, 0.15) is 19.5 Å². The number of nitrogens with zero attached hydrogens (tertiary/aromatic N) is 2. The lowest BCUT2D eigenvalue weighted by atomic mass is 10.3. The topological polar surface area (TPSA) is 48.3 Å². The Morgan fingerprint density at radius 1 is 1.19 bits per heavy atom. The molecule has 114 valence electrons. The molecule has 0 saturated heterocycles. The predicted molar refractivity (Wildman–Crippen MR) is 82.7 cm³/mol. The molecular formula is C16H23N3O2. The molecule has 0 bridgehead atoms. The highest BCUT2D eigenvalue weighted by atomic mass is 16.5. The van der Waals surface area contributed by atoms with E-state index in [1.54, 1.807) is 7.11 Å². The van der Waals surface area contributed by atoms with Crippen LogP contribution in [-0.4, -0.2) is 29.5 Å². The second kappa shape index (κ2) is 7.69. The zero-order valence-corrected chi connectivity index (χ0v) is 12.9. The van der Waals surface area contributed by atoms with Crippen LogP contribution in [0.25, 0.3) is 0 Å². The van der Waals surface area contributed by atoms with Gasteiger partial charge < -0.3 is 14.8 Å². The van der Waals surface area contributed by atoms with Crippen molar-refractivity contribution < 1.29 is 9.47 Å². The van der Waals surface area contributed by atoms with Crippen molar-refractivity contribution in [3.05, 3.63) is 42.2 Å². The van der Waals surface area contributed by atoms with E-state index in [0.29, 0.717) is 19.2 Å². The molecule has 0 atom stereocenters. The van der Waals surface area contributed by atoms with Crippen molar-refractivity contribution in [2.45, 2.75) is 33.0 Å². The fourth-order valence-electron chi connectivity index (χ4n) is 2.00. The minimum Gasteiger partial charge on any atom is -0.493 e. The summed E-state index contributed by atoms with van der Waals surface area (Å²) in [6.45, 7) is 6.33. The summed E-state index contributed by atoms with van der Waals surface area (Å²) in [7, 11) is 1.64. The van der Waals surface area contributed by atoms with Gasteiger partial charge in [0, 0.05) is 18.8 Å². The summed E-state index contributed by atoms with van der Waals surface area (Å²) in [5, 5.41) is 7.73. The molecule has 0 unspecified atom stereocenters. The van der Waals surface area contributed by atoms with Crippen molar-refractivity contribution in [1.29, 1.82) is 0 Å². The molecule has 0 aliphatic carbocycles. The average Bonchev–Trinajstić information content (AvgIpc) is 2.93. The number of para-hydroxylation sites is 2. The molecule has 5 nitrogen and oxygen atoms in total. The molecule has 2 rings (SSSR count). The zero-order chi connectivity index (χ0) is 15.1. The first-order valence-electron chi connectivity index (χ1n) is 7.20. The average molecular weight is 289 g/mol. The number of benzene rings is 1. The van der Waals surface area contributed by atoms with Crippen LogP contribution in [0, 0.1) is 0 Å². The maximum Gasteiger partial charge on any atom is 0.161 e. The Morgan fingerprint density at radius 3 is 2.67 bits per heavy atom. The molecule has 0 aliphatic heterocycles. The summed E-state index contributed by atoms with van der Waals surface area (Å²) >= 11 is 0. The molecule has 2 aromatic rings. The summed E-state index contributed by atoms with van der Waals surface area (Å²) in [4.78, 5) is 0. The first-order valence-corrected chi connectivity index (χ1v) is 7.20. The molecular weight excluding hydrogens is 266 g/mol. The summed E-state index contributed by atoms with van der Waals surface area (Å²) in [5.74, 6) is 1.51. The molecule has 0 radical (unpaired) electrons. The lowest BCUT2D eigenvalue weighted by molar-refractivity contribution is 0.272. The summed E-state index contributed by atoms with van der Waals surface area (Å²) in [6.07, 6.45) is 1.82. The Balaban J connectivity index is 1.87. The number of nitrogens with one attached hydrogen (secondary N) is 1. The highest BCUT2D eigenvalue weighted by molar-refractivity contribution is 5.39. The standard InChI is InChI=1S/C16H23N3O2/c1-13(2)17-12-14-8-9-18-19(14)10-11-21-16-7-5-4-6-15(16)20-3/h4-9,13,17H,10-12H2,1-3H3. The van der Waals surface area contributed by atoms with E-state index in [-0.39, 0.29) is 0 Å². The summed E-state index contributed by atoms with van der Waals surface area (Å²) in [6, 6.07) is 10.1. The molecule has 0 aliphatic rings. The number of methoxy groups -OCH3 is 1. The SMILES string of the molecule is COc1ccccc1OCCn1nccc1CNC(C)C. The minimum absolute atomic E-state index is 0.457. The molecule has 1 aromatic carbocycles. The van der Waals surface area contributed by atoms with Crippen LogP contribution in [0.3, 0.4) is 0 Å². The van der Waals surface area contributed by atoms with Gasteiger partial charge in [-0.05, 0) is 18.2 Å². The van der Waals surface area contributed by atoms with Crippen molar-refractivity contribution in [3.8, 4) is 11.5 Å². The molecule has 5 heteroatoms. The lowest BCUT2D eigenvalue weighted by Gasteiger charge is -2.13. The van der Waals surface area contributed by atoms with Crippen LogP contribution in [0.4, 0.5) is 0 Å². The first kappa shape index (κ1) is 15.4. The third kappa shape index (κ3) is 4.49. The second-order valence-corrected chi connectivity index (χ2v) is 5.08. The molecule has 1 N–H and O–H groups in total. The normalized spacial score (nSPS) is 10.9. The molecule has 21 heavy (non-hydrogen) atoms. The van der Waals surface area contributed by atoms with Crippen molar-refractivity contribution in [2.75, 3.05) is 13.7 Å². The quantitative estimate of drug-likeness (QED) is 0.811. The van der Waals surface area contributed by atoms with Gasteiger partial charge in [0.15, 0.2) is 11.5 Å². The predicted octanol–water partition coefficient (Wildman–Crippen LogP) is 2.47. The Morgan fingerprint density at radius 2 is 1.95 bits per heavy atom. The van der Waals surface area contributed by atoms with Gasteiger partial charge in [0.05, 0.1) is 19.3 Å². The van der Waals surface area contributed by atoms with Gasteiger partial charge in [-0.15, -0.1) is 0 Å². The van der Waals surface area contributed by atoms with Gasteiger partial charge in [-0.3, -0.25) is 4.68 Å². The first-order chi connectivity index (χ1) is 10.2. The number of hydrogen-bond donors (Lipinski definition) is 1.